The van der Waals surface area contributed by atoms with Crippen molar-refractivity contribution in [3.8, 4) is 0 Å². The van der Waals surface area contributed by atoms with Gasteiger partial charge in [-0.3, -0.25) is 4.79 Å². The van der Waals surface area contributed by atoms with Gasteiger partial charge in [-0.15, -0.1) is 0 Å². The lowest BCUT2D eigenvalue weighted by atomic mass is 9.95. The summed E-state index contributed by atoms with van der Waals surface area (Å²) in [6.45, 7) is 2.85. The first kappa shape index (κ1) is 21.4. The molecule has 0 aromatic carbocycles. The highest BCUT2D eigenvalue weighted by molar-refractivity contribution is 5.66. The molecule has 0 radical (unpaired) electrons. The first-order valence-corrected chi connectivity index (χ1v) is 9.75. The van der Waals surface area contributed by atoms with Crippen LogP contribution >= 0.6 is 0 Å². The number of aliphatic hydroxyl groups is 2. The normalized spacial score (nSPS) is 26.8. The Bertz CT molecular complexity index is 334. The second-order valence-electron chi connectivity index (χ2n) is 7.13. The van der Waals surface area contributed by atoms with E-state index >= 15 is 0 Å². The van der Waals surface area contributed by atoms with Gasteiger partial charge in [-0.05, 0) is 19.3 Å². The van der Waals surface area contributed by atoms with E-state index in [1.807, 2.05) is 0 Å². The highest BCUT2D eigenvalue weighted by Gasteiger charge is 2.41. The van der Waals surface area contributed by atoms with Gasteiger partial charge < -0.3 is 20.1 Å². The van der Waals surface area contributed by atoms with Crippen LogP contribution in [0.1, 0.15) is 84.0 Å². The van der Waals surface area contributed by atoms with Crippen molar-refractivity contribution in [1.29, 1.82) is 0 Å². The molecule has 3 N–H and O–H groups in total. The minimum Gasteiger partial charge on any atom is -0.481 e. The van der Waals surface area contributed by atoms with Gasteiger partial charge in [-0.25, -0.2) is 0 Å². The molecule has 0 bridgehead atoms. The maximum atomic E-state index is 10.5. The van der Waals surface area contributed by atoms with E-state index in [2.05, 4.69) is 6.92 Å². The number of unbranched alkanes of at least 4 members (excludes halogenated alkanes) is 7. The summed E-state index contributed by atoms with van der Waals surface area (Å²) >= 11 is 0. The minimum atomic E-state index is -0.739. The smallest absolute Gasteiger partial charge is 0.303 e. The summed E-state index contributed by atoms with van der Waals surface area (Å²) in [6, 6.07) is 0. The van der Waals surface area contributed by atoms with Gasteiger partial charge in [0.25, 0.3) is 0 Å². The van der Waals surface area contributed by atoms with Crippen LogP contribution < -0.4 is 0 Å². The molecule has 1 fully saturated rings. The van der Waals surface area contributed by atoms with E-state index in [0.29, 0.717) is 19.4 Å². The number of rotatable bonds is 14. The van der Waals surface area contributed by atoms with E-state index in [0.717, 1.165) is 38.5 Å². The average Bonchev–Trinajstić information content (AvgIpc) is 2.80. The lowest BCUT2D eigenvalue weighted by molar-refractivity contribution is -0.137. The molecule has 0 saturated heterocycles. The van der Waals surface area contributed by atoms with Crippen LogP contribution in [0.15, 0.2) is 0 Å². The van der Waals surface area contributed by atoms with Crippen LogP contribution in [0.2, 0.25) is 0 Å². The van der Waals surface area contributed by atoms with Crippen molar-refractivity contribution in [1.82, 2.24) is 0 Å². The number of hydrogen-bond donors (Lipinski definition) is 3. The number of carboxylic acids is 1. The lowest BCUT2D eigenvalue weighted by Gasteiger charge is -2.24. The Morgan fingerprint density at radius 2 is 1.62 bits per heavy atom. The van der Waals surface area contributed by atoms with Crippen LogP contribution in [0.25, 0.3) is 0 Å². The number of carbonyl (C=O) groups is 1. The maximum absolute atomic E-state index is 10.5. The fraction of sp³-hybridized carbons (Fsp3) is 0.947. The van der Waals surface area contributed by atoms with Gasteiger partial charge in [0.2, 0.25) is 0 Å². The molecule has 24 heavy (non-hydrogen) atoms. The molecule has 1 rings (SSSR count). The van der Waals surface area contributed by atoms with Crippen molar-refractivity contribution in [3.63, 3.8) is 0 Å². The third-order valence-electron chi connectivity index (χ3n) is 5.01. The second kappa shape index (κ2) is 12.7. The molecule has 1 aliphatic carbocycles. The van der Waals surface area contributed by atoms with Crippen LogP contribution in [-0.4, -0.2) is 46.2 Å². The zero-order valence-electron chi connectivity index (χ0n) is 15.2. The van der Waals surface area contributed by atoms with Gasteiger partial charge in [0.1, 0.15) is 0 Å². The summed E-state index contributed by atoms with van der Waals surface area (Å²) in [5.74, 6) is -0.730. The molecule has 0 aliphatic heterocycles. The SMILES string of the molecule is CCCCCCCO[C@@H]1[C@@H](CCCCCCC(=O)O)[C@@H](O)C[C@H]1O. The number of carboxylic acid groups (broad SMARTS) is 1. The molecule has 0 aromatic rings. The maximum Gasteiger partial charge on any atom is 0.303 e. The standard InChI is InChI=1S/C19H36O5/c1-2-3-4-7-10-13-24-19-15(16(20)14-17(19)21)11-8-5-6-9-12-18(22)23/h15-17,19-21H,2-14H2,1H3,(H,22,23)/t15-,16-,17+,19+/m0/s1. The summed E-state index contributed by atoms with van der Waals surface area (Å²) in [5.41, 5.74) is 0. The number of aliphatic hydroxyl groups excluding tert-OH is 2. The van der Waals surface area contributed by atoms with E-state index in [1.54, 1.807) is 0 Å². The van der Waals surface area contributed by atoms with Gasteiger partial charge in [0, 0.05) is 25.4 Å². The number of ether oxygens (including phenoxy) is 1. The molecule has 142 valence electrons. The van der Waals surface area contributed by atoms with E-state index in [9.17, 15) is 15.0 Å². The number of hydrogen-bond acceptors (Lipinski definition) is 4. The van der Waals surface area contributed by atoms with Crippen molar-refractivity contribution in [2.75, 3.05) is 6.61 Å². The van der Waals surface area contributed by atoms with Crippen molar-refractivity contribution in [2.24, 2.45) is 5.92 Å². The third-order valence-corrected chi connectivity index (χ3v) is 5.01. The topological polar surface area (TPSA) is 87.0 Å². The quantitative estimate of drug-likeness (QED) is 0.420. The van der Waals surface area contributed by atoms with E-state index in [1.165, 1.54) is 19.3 Å². The highest BCUT2D eigenvalue weighted by Crippen LogP contribution is 2.33. The van der Waals surface area contributed by atoms with Gasteiger partial charge in [-0.2, -0.15) is 0 Å². The Morgan fingerprint density at radius 3 is 2.33 bits per heavy atom. The van der Waals surface area contributed by atoms with E-state index in [-0.39, 0.29) is 18.4 Å². The Labute approximate surface area is 146 Å². The minimum absolute atomic E-state index is 0.00937. The van der Waals surface area contributed by atoms with Gasteiger partial charge in [0.05, 0.1) is 18.3 Å². The molecule has 0 unspecified atom stereocenters. The number of aliphatic carboxylic acids is 1. The van der Waals surface area contributed by atoms with Gasteiger partial charge >= 0.3 is 5.97 Å². The molecule has 1 saturated carbocycles. The third kappa shape index (κ3) is 8.45. The first-order chi connectivity index (χ1) is 11.6. The molecule has 4 atom stereocenters. The summed E-state index contributed by atoms with van der Waals surface area (Å²) in [6.07, 6.45) is 9.61. The van der Waals surface area contributed by atoms with E-state index in [4.69, 9.17) is 9.84 Å². The zero-order valence-corrected chi connectivity index (χ0v) is 15.2. The summed E-state index contributed by atoms with van der Waals surface area (Å²) in [5, 5.41) is 28.9. The fourth-order valence-corrected chi connectivity index (χ4v) is 3.59. The van der Waals surface area contributed by atoms with Crippen LogP contribution in [-0.2, 0) is 9.53 Å². The second-order valence-corrected chi connectivity index (χ2v) is 7.13. The van der Waals surface area contributed by atoms with Crippen LogP contribution in [0.5, 0.6) is 0 Å². The first-order valence-electron chi connectivity index (χ1n) is 9.75. The predicted octanol–water partition coefficient (Wildman–Crippen LogP) is 3.51. The Morgan fingerprint density at radius 1 is 0.958 bits per heavy atom. The predicted molar refractivity (Wildman–Crippen MR) is 94.0 cm³/mol. The van der Waals surface area contributed by atoms with Gasteiger partial charge in [0.15, 0.2) is 0 Å². The van der Waals surface area contributed by atoms with Crippen molar-refractivity contribution < 1.29 is 24.9 Å². The molecule has 1 aliphatic rings. The average molecular weight is 344 g/mol. The zero-order chi connectivity index (χ0) is 17.8. The Hall–Kier alpha value is -0.650. The molecular formula is C19H36O5. The van der Waals surface area contributed by atoms with Crippen LogP contribution in [0.3, 0.4) is 0 Å². The Kier molecular flexibility index (Phi) is 11.3. The molecular weight excluding hydrogens is 308 g/mol. The molecule has 0 aromatic heterocycles. The molecule has 0 spiro atoms. The Balaban J connectivity index is 2.20. The largest absolute Gasteiger partial charge is 0.481 e. The van der Waals surface area contributed by atoms with Gasteiger partial charge in [-0.1, -0.05) is 51.9 Å². The summed E-state index contributed by atoms with van der Waals surface area (Å²) in [4.78, 5) is 10.5. The summed E-state index contributed by atoms with van der Waals surface area (Å²) < 4.78 is 5.90. The van der Waals surface area contributed by atoms with Crippen LogP contribution in [0.4, 0.5) is 0 Å². The van der Waals surface area contributed by atoms with Crippen molar-refractivity contribution in [3.05, 3.63) is 0 Å². The molecule has 0 heterocycles. The van der Waals surface area contributed by atoms with E-state index < -0.39 is 18.2 Å². The monoisotopic (exact) mass is 344 g/mol. The van der Waals surface area contributed by atoms with Crippen molar-refractivity contribution >= 4 is 5.97 Å². The molecule has 5 heteroatoms. The molecule has 5 nitrogen and oxygen atoms in total. The molecule has 0 amide bonds. The summed E-state index contributed by atoms with van der Waals surface area (Å²) in [7, 11) is 0. The lowest BCUT2D eigenvalue weighted by Crippen LogP contribution is -2.31. The highest BCUT2D eigenvalue weighted by atomic mass is 16.5. The van der Waals surface area contributed by atoms with Crippen LogP contribution in [0, 0.1) is 5.92 Å². The van der Waals surface area contributed by atoms with Crippen molar-refractivity contribution in [2.45, 2.75) is 102 Å². The fourth-order valence-electron chi connectivity index (χ4n) is 3.59.